The van der Waals surface area contributed by atoms with E-state index in [9.17, 15) is 10.1 Å². The zero-order valence-electron chi connectivity index (χ0n) is 13.9. The van der Waals surface area contributed by atoms with Crippen LogP contribution in [0.25, 0.3) is 0 Å². The van der Waals surface area contributed by atoms with Crippen LogP contribution >= 0.6 is 23.1 Å². The number of hydrogen-bond acceptors (Lipinski definition) is 9. The summed E-state index contributed by atoms with van der Waals surface area (Å²) in [7, 11) is 0. The molecular formula is C17H15N5O2S2. The Balaban J connectivity index is 1.94. The predicted octanol–water partition coefficient (Wildman–Crippen LogP) is 3.16. The molecule has 9 heteroatoms. The average Bonchev–Trinajstić information content (AvgIpc) is 3.32. The van der Waals surface area contributed by atoms with Crippen LogP contribution in [0.1, 0.15) is 30.9 Å². The molecule has 1 unspecified atom stereocenters. The Morgan fingerprint density at radius 2 is 2.31 bits per heavy atom. The van der Waals surface area contributed by atoms with E-state index in [0.29, 0.717) is 34.9 Å². The van der Waals surface area contributed by atoms with E-state index < -0.39 is 5.92 Å². The van der Waals surface area contributed by atoms with Crippen LogP contribution in [0.2, 0.25) is 0 Å². The Bertz CT molecular complexity index is 968. The van der Waals surface area contributed by atoms with Crippen molar-refractivity contribution in [1.29, 1.82) is 5.26 Å². The van der Waals surface area contributed by atoms with Gasteiger partial charge in [-0.05, 0) is 31.2 Å². The highest BCUT2D eigenvalue weighted by Crippen LogP contribution is 2.46. The van der Waals surface area contributed by atoms with Gasteiger partial charge in [-0.3, -0.25) is 9.69 Å². The third kappa shape index (κ3) is 2.53. The SMILES string of the molecule is CSc1nnc(N2C(N)=C(C#N)C(c3ccco3)C3=C2CCCC3=O)s1. The van der Waals surface area contributed by atoms with E-state index in [2.05, 4.69) is 16.3 Å². The van der Waals surface area contributed by atoms with E-state index in [-0.39, 0.29) is 11.6 Å². The summed E-state index contributed by atoms with van der Waals surface area (Å²) in [6, 6.07) is 5.70. The van der Waals surface area contributed by atoms with Gasteiger partial charge in [-0.2, -0.15) is 5.26 Å². The minimum atomic E-state index is -0.568. The molecular weight excluding hydrogens is 370 g/mol. The van der Waals surface area contributed by atoms with Crippen LogP contribution < -0.4 is 10.6 Å². The standard InChI is InChI=1S/C17H15N5O2S2/c1-25-17-21-20-16(26-17)22-10-4-2-5-11(23)14(10)13(9(8-18)15(22)19)12-6-3-7-24-12/h3,6-7,13H,2,4-5,19H2,1H3. The number of anilines is 1. The van der Waals surface area contributed by atoms with Gasteiger partial charge in [-0.1, -0.05) is 23.1 Å². The molecule has 0 saturated heterocycles. The number of thioether (sulfide) groups is 1. The molecule has 0 amide bonds. The lowest BCUT2D eigenvalue weighted by molar-refractivity contribution is -0.116. The van der Waals surface area contributed by atoms with Gasteiger partial charge in [0.2, 0.25) is 5.13 Å². The summed E-state index contributed by atoms with van der Waals surface area (Å²) in [6.07, 6.45) is 5.33. The van der Waals surface area contributed by atoms with E-state index in [4.69, 9.17) is 10.2 Å². The first-order valence-electron chi connectivity index (χ1n) is 8.02. The van der Waals surface area contributed by atoms with Crippen molar-refractivity contribution in [2.45, 2.75) is 29.5 Å². The number of ketones is 1. The molecule has 7 nitrogen and oxygen atoms in total. The average molecular weight is 385 g/mol. The molecule has 2 aromatic heterocycles. The number of allylic oxidation sites excluding steroid dienone is 3. The van der Waals surface area contributed by atoms with Gasteiger partial charge in [-0.15, -0.1) is 10.2 Å². The van der Waals surface area contributed by atoms with E-state index >= 15 is 0 Å². The van der Waals surface area contributed by atoms with E-state index in [1.165, 1.54) is 29.4 Å². The summed E-state index contributed by atoms with van der Waals surface area (Å²) in [5.74, 6) is 0.287. The topological polar surface area (TPSA) is 109 Å². The Labute approximate surface area is 158 Å². The molecule has 2 N–H and O–H groups in total. The smallest absolute Gasteiger partial charge is 0.219 e. The first-order valence-corrected chi connectivity index (χ1v) is 10.1. The molecule has 0 spiro atoms. The van der Waals surface area contributed by atoms with Gasteiger partial charge >= 0.3 is 0 Å². The molecule has 1 aliphatic carbocycles. The van der Waals surface area contributed by atoms with Crippen LogP contribution in [0, 0.1) is 11.3 Å². The number of furan rings is 1. The molecule has 4 rings (SSSR count). The highest BCUT2D eigenvalue weighted by molar-refractivity contribution is 8.00. The second-order valence-electron chi connectivity index (χ2n) is 5.89. The molecule has 132 valence electrons. The Morgan fingerprint density at radius 1 is 1.46 bits per heavy atom. The van der Waals surface area contributed by atoms with Gasteiger partial charge in [0.1, 0.15) is 11.6 Å². The lowest BCUT2D eigenvalue weighted by Gasteiger charge is -2.37. The van der Waals surface area contributed by atoms with Gasteiger partial charge < -0.3 is 10.2 Å². The molecule has 1 atom stereocenters. The van der Waals surface area contributed by atoms with E-state index in [0.717, 1.165) is 16.5 Å². The summed E-state index contributed by atoms with van der Waals surface area (Å²) < 4.78 is 6.33. The first kappa shape index (κ1) is 16.9. The van der Waals surface area contributed by atoms with E-state index in [1.807, 2.05) is 6.26 Å². The summed E-state index contributed by atoms with van der Waals surface area (Å²) in [6.45, 7) is 0. The van der Waals surface area contributed by atoms with Crippen LogP contribution in [-0.4, -0.2) is 22.2 Å². The number of carbonyl (C=O) groups is 1. The van der Waals surface area contributed by atoms with Crippen molar-refractivity contribution in [2.24, 2.45) is 5.73 Å². The maximum absolute atomic E-state index is 12.8. The molecule has 2 aromatic rings. The maximum Gasteiger partial charge on any atom is 0.219 e. The fourth-order valence-corrected chi connectivity index (χ4v) is 4.72. The predicted molar refractivity (Wildman–Crippen MR) is 98.3 cm³/mol. The number of hydrogen-bond donors (Lipinski definition) is 1. The highest BCUT2D eigenvalue weighted by atomic mass is 32.2. The molecule has 26 heavy (non-hydrogen) atoms. The van der Waals surface area contributed by atoms with Crippen molar-refractivity contribution in [3.8, 4) is 6.07 Å². The Kier molecular flexibility index (Phi) is 4.30. The minimum Gasteiger partial charge on any atom is -0.468 e. The van der Waals surface area contributed by atoms with Gasteiger partial charge in [0.05, 0.1) is 23.8 Å². The van der Waals surface area contributed by atoms with Gasteiger partial charge in [0.15, 0.2) is 10.1 Å². The van der Waals surface area contributed by atoms with Crippen molar-refractivity contribution < 1.29 is 9.21 Å². The summed E-state index contributed by atoms with van der Waals surface area (Å²) in [5, 5.41) is 18.7. The number of carbonyl (C=O) groups excluding carboxylic acids is 1. The number of rotatable bonds is 3. The van der Waals surface area contributed by atoms with Crippen LogP contribution in [-0.2, 0) is 4.79 Å². The van der Waals surface area contributed by atoms with Gasteiger partial charge in [-0.25, -0.2) is 0 Å². The lowest BCUT2D eigenvalue weighted by Crippen LogP contribution is -2.38. The third-order valence-corrected chi connectivity index (χ3v) is 6.39. The Morgan fingerprint density at radius 3 is 2.96 bits per heavy atom. The summed E-state index contributed by atoms with van der Waals surface area (Å²) in [4.78, 5) is 14.5. The van der Waals surface area contributed by atoms with Gasteiger partial charge in [0.25, 0.3) is 0 Å². The molecule has 3 heterocycles. The van der Waals surface area contributed by atoms with Crippen molar-refractivity contribution in [2.75, 3.05) is 11.2 Å². The van der Waals surface area contributed by atoms with Crippen LogP contribution in [0.4, 0.5) is 5.13 Å². The largest absolute Gasteiger partial charge is 0.468 e. The second-order valence-corrected chi connectivity index (χ2v) is 7.90. The number of aromatic nitrogens is 2. The normalized spacial score (nSPS) is 20.4. The number of nitriles is 1. The van der Waals surface area contributed by atoms with Crippen LogP contribution in [0.5, 0.6) is 0 Å². The number of Topliss-reactive ketones (excluding diaryl/α,β-unsaturated/α-hetero) is 1. The molecule has 1 aliphatic heterocycles. The molecule has 0 fully saturated rings. The number of nitrogens with zero attached hydrogens (tertiary/aromatic N) is 4. The summed E-state index contributed by atoms with van der Waals surface area (Å²) >= 11 is 2.87. The fourth-order valence-electron chi connectivity index (χ4n) is 3.42. The number of nitrogens with two attached hydrogens (primary N) is 1. The molecule has 0 radical (unpaired) electrons. The molecule has 0 saturated carbocycles. The molecule has 0 aromatic carbocycles. The molecule has 0 bridgehead atoms. The first-order chi connectivity index (χ1) is 12.7. The summed E-state index contributed by atoms with van der Waals surface area (Å²) in [5.41, 5.74) is 8.07. The van der Waals surface area contributed by atoms with Crippen molar-refractivity contribution in [1.82, 2.24) is 10.2 Å². The second kappa shape index (κ2) is 6.63. The Hall–Kier alpha value is -2.57. The van der Waals surface area contributed by atoms with Crippen molar-refractivity contribution in [3.63, 3.8) is 0 Å². The monoisotopic (exact) mass is 385 g/mol. The molecule has 2 aliphatic rings. The quantitative estimate of drug-likeness (QED) is 0.803. The van der Waals surface area contributed by atoms with Crippen LogP contribution in [0.3, 0.4) is 0 Å². The van der Waals surface area contributed by atoms with Gasteiger partial charge in [0, 0.05) is 17.7 Å². The van der Waals surface area contributed by atoms with Crippen molar-refractivity contribution >= 4 is 34.0 Å². The van der Waals surface area contributed by atoms with Crippen molar-refractivity contribution in [3.05, 3.63) is 46.8 Å². The lowest BCUT2D eigenvalue weighted by atomic mass is 9.78. The van der Waals surface area contributed by atoms with E-state index in [1.54, 1.807) is 17.0 Å². The highest BCUT2D eigenvalue weighted by Gasteiger charge is 2.42. The minimum absolute atomic E-state index is 0.0208. The maximum atomic E-state index is 12.8. The zero-order chi connectivity index (χ0) is 18.3. The third-order valence-electron chi connectivity index (χ3n) is 4.50. The van der Waals surface area contributed by atoms with Crippen LogP contribution in [0.15, 0.2) is 49.8 Å². The zero-order valence-corrected chi connectivity index (χ0v) is 15.6. The fraction of sp³-hybridized carbons (Fsp3) is 0.294.